The van der Waals surface area contributed by atoms with E-state index in [9.17, 15) is 29.2 Å². The first-order valence-corrected chi connectivity index (χ1v) is 13.7. The Morgan fingerprint density at radius 1 is 0.902 bits per heavy atom. The number of Topliss-reactive ketones (excluding diaryl/α,β-unsaturated/α-hetero) is 4. The van der Waals surface area contributed by atoms with Crippen molar-refractivity contribution in [1.82, 2.24) is 9.80 Å². The summed E-state index contributed by atoms with van der Waals surface area (Å²) in [4.78, 5) is 70.9. The third kappa shape index (κ3) is 4.03. The van der Waals surface area contributed by atoms with Crippen LogP contribution in [0.4, 0.5) is 0 Å². The smallest absolute Gasteiger partial charge is 0.305 e. The van der Waals surface area contributed by atoms with Gasteiger partial charge in [-0.25, -0.2) is 0 Å². The SMILES string of the molecule is CCCC(=O)OC[C@H]1C2=C(C[C@H]3[C@H]4C5=C(C[C@@H]([C@H](C#N)N13)N4C)C(=O)C(C)=C(OC)C5=O)C(=O)C(C)=C(OC)C2=O. The summed E-state index contributed by atoms with van der Waals surface area (Å²) in [5, 5.41) is 10.5. The van der Waals surface area contributed by atoms with Gasteiger partial charge in [0.2, 0.25) is 11.6 Å². The first kappa shape index (κ1) is 28.6. The van der Waals surface area contributed by atoms with E-state index in [1.807, 2.05) is 16.7 Å². The minimum atomic E-state index is -0.932. The fraction of sp³-hybridized carbons (Fsp3) is 0.533. The summed E-state index contributed by atoms with van der Waals surface area (Å²) in [5.74, 6) is -2.12. The van der Waals surface area contributed by atoms with Crippen LogP contribution in [0.3, 0.4) is 0 Å². The molecular weight excluding hydrogens is 530 g/mol. The van der Waals surface area contributed by atoms with Crippen molar-refractivity contribution < 1.29 is 38.2 Å². The molecule has 1 saturated heterocycles. The molecule has 0 aromatic heterocycles. The maximum absolute atomic E-state index is 13.8. The van der Waals surface area contributed by atoms with Crippen LogP contribution < -0.4 is 0 Å². The summed E-state index contributed by atoms with van der Waals surface area (Å²) >= 11 is 0. The van der Waals surface area contributed by atoms with Crippen LogP contribution in [0.25, 0.3) is 0 Å². The van der Waals surface area contributed by atoms with Crippen molar-refractivity contribution in [3.8, 4) is 6.07 Å². The van der Waals surface area contributed by atoms with E-state index in [1.54, 1.807) is 14.0 Å². The van der Waals surface area contributed by atoms with E-state index in [1.165, 1.54) is 21.1 Å². The van der Waals surface area contributed by atoms with E-state index in [-0.39, 0.29) is 76.8 Å². The molecule has 0 saturated carbocycles. The van der Waals surface area contributed by atoms with Crippen LogP contribution in [0.15, 0.2) is 45.0 Å². The Morgan fingerprint density at radius 3 is 1.98 bits per heavy atom. The number of carbonyl (C=O) groups is 5. The lowest BCUT2D eigenvalue weighted by molar-refractivity contribution is -0.148. The summed E-state index contributed by atoms with van der Waals surface area (Å²) < 4.78 is 16.3. The third-order valence-corrected chi connectivity index (χ3v) is 9.07. The Balaban J connectivity index is 1.70. The van der Waals surface area contributed by atoms with Crippen molar-refractivity contribution in [3.63, 3.8) is 0 Å². The number of piperazine rings is 1. The molecule has 41 heavy (non-hydrogen) atoms. The molecule has 5 rings (SSSR count). The van der Waals surface area contributed by atoms with Crippen molar-refractivity contribution in [1.29, 1.82) is 5.26 Å². The molecule has 5 aliphatic rings. The lowest BCUT2D eigenvalue weighted by atomic mass is 9.67. The van der Waals surface area contributed by atoms with Crippen molar-refractivity contribution in [3.05, 3.63) is 45.0 Å². The zero-order chi connectivity index (χ0) is 29.9. The Labute approximate surface area is 238 Å². The van der Waals surface area contributed by atoms with Gasteiger partial charge in [-0.2, -0.15) is 5.26 Å². The summed E-state index contributed by atoms with van der Waals surface area (Å²) in [6.45, 7) is 4.66. The zero-order valence-corrected chi connectivity index (χ0v) is 24.0. The lowest BCUT2D eigenvalue weighted by Gasteiger charge is -2.60. The van der Waals surface area contributed by atoms with Crippen LogP contribution in [0.2, 0.25) is 0 Å². The normalized spacial score (nSPS) is 30.2. The number of hydrogen-bond donors (Lipinski definition) is 0. The molecular formula is C30H33N3O8. The largest absolute Gasteiger partial charge is 0.492 e. The van der Waals surface area contributed by atoms with E-state index < -0.39 is 47.7 Å². The third-order valence-electron chi connectivity index (χ3n) is 9.07. The topological polar surface area (TPSA) is 143 Å². The molecule has 216 valence electrons. The number of hydrogen-bond acceptors (Lipinski definition) is 11. The van der Waals surface area contributed by atoms with Crippen LogP contribution in [0.1, 0.15) is 46.5 Å². The highest BCUT2D eigenvalue weighted by atomic mass is 16.5. The molecule has 0 spiro atoms. The standard InChI is InChI=1S/C30H33N3O8/c1-7-8-21(34)41-12-20-22-15(25(35)13(2)29(39-5)27(22)37)10-18-24-23-16(26(36)14(3)30(40-6)28(23)38)9-17(32(24)4)19(11-31)33(18)20/h17-20,24H,7-10,12H2,1-6H3/t17-,18-,19-,20-,24-/m0/s1. The second kappa shape index (κ2) is 10.5. The van der Waals surface area contributed by atoms with Crippen molar-refractivity contribution in [2.24, 2.45) is 0 Å². The first-order chi connectivity index (χ1) is 19.5. The molecule has 0 radical (unpaired) electrons. The fourth-order valence-electron chi connectivity index (χ4n) is 7.22. The van der Waals surface area contributed by atoms with Gasteiger partial charge >= 0.3 is 5.97 Å². The maximum atomic E-state index is 13.8. The number of esters is 1. The fourth-order valence-corrected chi connectivity index (χ4v) is 7.22. The van der Waals surface area contributed by atoms with Gasteiger partial charge in [-0.15, -0.1) is 0 Å². The minimum absolute atomic E-state index is 0.0252. The highest BCUT2D eigenvalue weighted by Crippen LogP contribution is 2.49. The monoisotopic (exact) mass is 563 g/mol. The first-order valence-electron chi connectivity index (χ1n) is 13.7. The molecule has 2 aliphatic carbocycles. The van der Waals surface area contributed by atoms with Gasteiger partial charge in [0.25, 0.3) is 0 Å². The minimum Gasteiger partial charge on any atom is -0.492 e. The number of methoxy groups -OCH3 is 2. The number of rotatable bonds is 6. The predicted octanol–water partition coefficient (Wildman–Crippen LogP) is 1.49. The molecule has 5 atom stereocenters. The van der Waals surface area contributed by atoms with Gasteiger partial charge in [0, 0.05) is 51.9 Å². The second-order valence-corrected chi connectivity index (χ2v) is 11.0. The Morgan fingerprint density at radius 2 is 1.44 bits per heavy atom. The molecule has 3 heterocycles. The summed E-state index contributed by atoms with van der Waals surface area (Å²) in [6, 6.07) is -1.23. The number of ether oxygens (including phenoxy) is 3. The molecule has 0 amide bonds. The van der Waals surface area contributed by atoms with Crippen LogP contribution in [-0.2, 0) is 38.2 Å². The average Bonchev–Trinajstić information content (AvgIpc) is 2.94. The molecule has 11 nitrogen and oxygen atoms in total. The van der Waals surface area contributed by atoms with Gasteiger partial charge in [0.1, 0.15) is 12.6 Å². The number of ketones is 4. The molecule has 0 aromatic rings. The highest BCUT2D eigenvalue weighted by molar-refractivity contribution is 6.26. The van der Waals surface area contributed by atoms with Gasteiger partial charge < -0.3 is 14.2 Å². The molecule has 0 aromatic carbocycles. The Hall–Kier alpha value is -3.88. The van der Waals surface area contributed by atoms with E-state index in [0.29, 0.717) is 12.0 Å². The Bertz CT molecular complexity index is 1460. The van der Waals surface area contributed by atoms with Crippen LogP contribution in [0, 0.1) is 11.3 Å². The van der Waals surface area contributed by atoms with Crippen molar-refractivity contribution in [2.45, 2.75) is 76.7 Å². The quantitative estimate of drug-likeness (QED) is 0.342. The second-order valence-electron chi connectivity index (χ2n) is 11.0. The van der Waals surface area contributed by atoms with Crippen LogP contribution in [0.5, 0.6) is 0 Å². The van der Waals surface area contributed by atoms with Crippen LogP contribution >= 0.6 is 0 Å². The number of nitriles is 1. The summed E-state index contributed by atoms with van der Waals surface area (Å²) in [5.41, 5.74) is 1.42. The van der Waals surface area contributed by atoms with Crippen molar-refractivity contribution in [2.75, 3.05) is 27.9 Å². The number of nitrogens with zero attached hydrogens (tertiary/aromatic N) is 3. The van der Waals surface area contributed by atoms with Gasteiger partial charge in [-0.05, 0) is 40.2 Å². The van der Waals surface area contributed by atoms with Gasteiger partial charge in [-0.1, -0.05) is 6.92 Å². The Kier molecular flexibility index (Phi) is 7.34. The van der Waals surface area contributed by atoms with E-state index in [4.69, 9.17) is 14.2 Å². The maximum Gasteiger partial charge on any atom is 0.305 e. The highest BCUT2D eigenvalue weighted by Gasteiger charge is 2.60. The number of likely N-dealkylation sites (N-methyl/N-ethyl adjacent to an activating group) is 1. The molecule has 2 bridgehead atoms. The molecule has 11 heteroatoms. The van der Waals surface area contributed by atoms with Gasteiger partial charge in [0.05, 0.1) is 32.4 Å². The number of fused-ring (bicyclic) bond motifs is 5. The van der Waals surface area contributed by atoms with Gasteiger partial charge in [0.15, 0.2) is 23.1 Å². The molecule has 1 fully saturated rings. The molecule has 0 unspecified atom stereocenters. The average molecular weight is 564 g/mol. The van der Waals surface area contributed by atoms with E-state index >= 15 is 0 Å². The van der Waals surface area contributed by atoms with Gasteiger partial charge in [-0.3, -0.25) is 33.8 Å². The number of allylic oxidation sites excluding steroid dienone is 4. The van der Waals surface area contributed by atoms with E-state index in [2.05, 4.69) is 6.07 Å². The van der Waals surface area contributed by atoms with Crippen LogP contribution in [-0.4, -0.2) is 97.0 Å². The predicted molar refractivity (Wildman–Crippen MR) is 143 cm³/mol. The summed E-state index contributed by atoms with van der Waals surface area (Å²) in [6.07, 6.45) is 0.933. The lowest BCUT2D eigenvalue weighted by Crippen LogP contribution is -2.74. The molecule has 3 aliphatic heterocycles. The number of carbonyl (C=O) groups excluding carboxylic acids is 5. The van der Waals surface area contributed by atoms with E-state index in [0.717, 1.165) is 0 Å². The summed E-state index contributed by atoms with van der Waals surface area (Å²) in [7, 11) is 4.47. The zero-order valence-electron chi connectivity index (χ0n) is 24.0. The molecule has 0 N–H and O–H groups in total. The van der Waals surface area contributed by atoms with Crippen molar-refractivity contribution >= 4 is 29.1 Å².